The zero-order valence-electron chi connectivity index (χ0n) is 13.2. The van der Waals surface area contributed by atoms with E-state index in [-0.39, 0.29) is 5.91 Å². The number of nitrogens with zero attached hydrogens (tertiary/aromatic N) is 3. The molecule has 0 radical (unpaired) electrons. The van der Waals surface area contributed by atoms with Gasteiger partial charge in [-0.25, -0.2) is 9.97 Å². The second-order valence-electron chi connectivity index (χ2n) is 6.35. The van der Waals surface area contributed by atoms with Crippen molar-refractivity contribution >= 4 is 11.7 Å². The Balaban J connectivity index is 1.56. The molecule has 23 heavy (non-hydrogen) atoms. The first kappa shape index (κ1) is 14.2. The van der Waals surface area contributed by atoms with E-state index in [0.29, 0.717) is 24.1 Å². The van der Waals surface area contributed by atoms with Crippen LogP contribution < -0.4 is 5.32 Å². The molecule has 1 aromatic carbocycles. The van der Waals surface area contributed by atoms with Crippen LogP contribution in [0, 0.1) is 6.92 Å². The minimum absolute atomic E-state index is 0.0103. The molecular weight excluding hydrogens is 288 g/mol. The summed E-state index contributed by atoms with van der Waals surface area (Å²) in [7, 11) is 0. The molecule has 1 aliphatic carbocycles. The first-order valence-corrected chi connectivity index (χ1v) is 8.17. The fourth-order valence-electron chi connectivity index (χ4n) is 3.02. The zero-order valence-corrected chi connectivity index (χ0v) is 13.2. The highest BCUT2D eigenvalue weighted by Gasteiger charge is 2.25. The summed E-state index contributed by atoms with van der Waals surface area (Å²) in [6, 6.07) is 10.6. The van der Waals surface area contributed by atoms with Crippen LogP contribution in [0.4, 0.5) is 5.82 Å². The van der Waals surface area contributed by atoms with Crippen molar-refractivity contribution in [2.45, 2.75) is 38.8 Å². The van der Waals surface area contributed by atoms with Crippen molar-refractivity contribution in [2.24, 2.45) is 0 Å². The zero-order chi connectivity index (χ0) is 15.8. The van der Waals surface area contributed by atoms with E-state index in [2.05, 4.69) is 33.5 Å². The van der Waals surface area contributed by atoms with Crippen LogP contribution in [0.15, 0.2) is 30.3 Å². The molecule has 2 heterocycles. The smallest absolute Gasteiger partial charge is 0.272 e. The Morgan fingerprint density at radius 2 is 2.00 bits per heavy atom. The fraction of sp³-hybridized carbons (Fsp3) is 0.389. The Morgan fingerprint density at radius 1 is 1.22 bits per heavy atom. The van der Waals surface area contributed by atoms with Gasteiger partial charge in [0.15, 0.2) is 0 Å². The molecule has 1 amide bonds. The minimum Gasteiger partial charge on any atom is -0.367 e. The normalized spacial score (nSPS) is 16.8. The summed E-state index contributed by atoms with van der Waals surface area (Å²) in [5.74, 6) is 1.39. The number of hydrogen-bond acceptors (Lipinski definition) is 4. The van der Waals surface area contributed by atoms with E-state index >= 15 is 0 Å². The molecule has 1 aliphatic heterocycles. The molecule has 0 spiro atoms. The predicted octanol–water partition coefficient (Wildman–Crippen LogP) is 2.56. The Bertz CT molecular complexity index is 754. The maximum absolute atomic E-state index is 12.8. The molecule has 4 rings (SSSR count). The molecule has 1 fully saturated rings. The van der Waals surface area contributed by atoms with E-state index in [1.165, 1.54) is 24.0 Å². The number of amides is 1. The second kappa shape index (κ2) is 5.65. The number of anilines is 1. The van der Waals surface area contributed by atoms with Crippen molar-refractivity contribution in [3.05, 3.63) is 53.0 Å². The quantitative estimate of drug-likeness (QED) is 0.947. The van der Waals surface area contributed by atoms with Gasteiger partial charge in [0, 0.05) is 25.2 Å². The highest BCUT2D eigenvalue weighted by Crippen LogP contribution is 2.25. The highest BCUT2D eigenvalue weighted by molar-refractivity contribution is 5.93. The lowest BCUT2D eigenvalue weighted by molar-refractivity contribution is 0.0728. The van der Waals surface area contributed by atoms with Gasteiger partial charge >= 0.3 is 0 Å². The molecule has 2 aliphatic rings. The molecule has 5 nitrogen and oxygen atoms in total. The SMILES string of the molecule is Cc1nc(NC2CC2)cc(C(=O)N2CCc3ccccc3C2)n1. The van der Waals surface area contributed by atoms with Crippen LogP contribution in [-0.4, -0.2) is 33.4 Å². The van der Waals surface area contributed by atoms with Crippen LogP contribution in [0.2, 0.25) is 0 Å². The van der Waals surface area contributed by atoms with E-state index in [1.807, 2.05) is 17.9 Å². The van der Waals surface area contributed by atoms with Crippen molar-refractivity contribution in [1.29, 1.82) is 0 Å². The summed E-state index contributed by atoms with van der Waals surface area (Å²) in [4.78, 5) is 23.4. The van der Waals surface area contributed by atoms with Gasteiger partial charge in [-0.2, -0.15) is 0 Å². The third-order valence-electron chi connectivity index (χ3n) is 4.40. The van der Waals surface area contributed by atoms with E-state index in [9.17, 15) is 4.79 Å². The van der Waals surface area contributed by atoms with Crippen molar-refractivity contribution in [3.8, 4) is 0 Å². The largest absolute Gasteiger partial charge is 0.367 e. The monoisotopic (exact) mass is 308 g/mol. The Hall–Kier alpha value is -2.43. The fourth-order valence-corrected chi connectivity index (χ4v) is 3.02. The Kier molecular flexibility index (Phi) is 3.48. The molecule has 0 unspecified atom stereocenters. The van der Waals surface area contributed by atoms with Gasteiger partial charge < -0.3 is 10.2 Å². The summed E-state index contributed by atoms with van der Waals surface area (Å²) in [5, 5.41) is 3.35. The average Bonchev–Trinajstić information content (AvgIpc) is 3.37. The van der Waals surface area contributed by atoms with Crippen molar-refractivity contribution in [3.63, 3.8) is 0 Å². The van der Waals surface area contributed by atoms with Crippen molar-refractivity contribution < 1.29 is 4.79 Å². The first-order valence-electron chi connectivity index (χ1n) is 8.17. The van der Waals surface area contributed by atoms with Gasteiger partial charge in [-0.1, -0.05) is 24.3 Å². The number of carbonyl (C=O) groups is 1. The van der Waals surface area contributed by atoms with E-state index in [1.54, 1.807) is 6.07 Å². The first-order chi connectivity index (χ1) is 11.2. The molecular formula is C18H20N4O. The molecule has 1 aromatic heterocycles. The molecule has 1 N–H and O–H groups in total. The number of hydrogen-bond donors (Lipinski definition) is 1. The van der Waals surface area contributed by atoms with Gasteiger partial charge in [0.2, 0.25) is 0 Å². The van der Waals surface area contributed by atoms with E-state index in [4.69, 9.17) is 0 Å². The third-order valence-corrected chi connectivity index (χ3v) is 4.40. The van der Waals surface area contributed by atoms with Crippen LogP contribution in [0.3, 0.4) is 0 Å². The van der Waals surface area contributed by atoms with Gasteiger partial charge in [0.25, 0.3) is 5.91 Å². The molecule has 2 aromatic rings. The Morgan fingerprint density at radius 3 is 2.78 bits per heavy atom. The summed E-state index contributed by atoms with van der Waals surface area (Å²) in [6.45, 7) is 3.23. The van der Waals surface area contributed by atoms with Crippen molar-refractivity contribution in [1.82, 2.24) is 14.9 Å². The number of aromatic nitrogens is 2. The van der Waals surface area contributed by atoms with Crippen LogP contribution in [0.1, 0.15) is 40.3 Å². The Labute approximate surface area is 135 Å². The maximum Gasteiger partial charge on any atom is 0.272 e. The molecule has 118 valence electrons. The lowest BCUT2D eigenvalue weighted by atomic mass is 10.00. The van der Waals surface area contributed by atoms with Gasteiger partial charge in [0.05, 0.1) is 0 Å². The van der Waals surface area contributed by atoms with Gasteiger partial charge in [-0.15, -0.1) is 0 Å². The van der Waals surface area contributed by atoms with Gasteiger partial charge in [-0.3, -0.25) is 4.79 Å². The summed E-state index contributed by atoms with van der Waals surface area (Å²) >= 11 is 0. The molecule has 0 atom stereocenters. The molecule has 0 saturated heterocycles. The lowest BCUT2D eigenvalue weighted by Crippen LogP contribution is -2.36. The summed E-state index contributed by atoms with van der Waals surface area (Å²) in [5.41, 5.74) is 3.06. The number of fused-ring (bicyclic) bond motifs is 1. The average molecular weight is 308 g/mol. The van der Waals surface area contributed by atoms with Crippen LogP contribution in [0.25, 0.3) is 0 Å². The molecule has 1 saturated carbocycles. The minimum atomic E-state index is -0.0103. The van der Waals surface area contributed by atoms with Crippen LogP contribution >= 0.6 is 0 Å². The standard InChI is InChI=1S/C18H20N4O/c1-12-19-16(10-17(20-12)21-15-6-7-15)18(23)22-9-8-13-4-2-3-5-14(13)11-22/h2-5,10,15H,6-9,11H2,1H3,(H,19,20,21). The number of aryl methyl sites for hydroxylation is 1. The molecule has 5 heteroatoms. The highest BCUT2D eigenvalue weighted by atomic mass is 16.2. The van der Waals surface area contributed by atoms with Crippen molar-refractivity contribution in [2.75, 3.05) is 11.9 Å². The van der Waals surface area contributed by atoms with Crippen LogP contribution in [0.5, 0.6) is 0 Å². The maximum atomic E-state index is 12.8. The molecule has 0 bridgehead atoms. The predicted molar refractivity (Wildman–Crippen MR) is 88.3 cm³/mol. The van der Waals surface area contributed by atoms with Gasteiger partial charge in [-0.05, 0) is 37.3 Å². The van der Waals surface area contributed by atoms with E-state index < -0.39 is 0 Å². The number of benzene rings is 1. The number of carbonyl (C=O) groups excluding carboxylic acids is 1. The number of nitrogens with one attached hydrogen (secondary N) is 1. The lowest BCUT2D eigenvalue weighted by Gasteiger charge is -2.28. The van der Waals surface area contributed by atoms with Gasteiger partial charge in [0.1, 0.15) is 17.3 Å². The topological polar surface area (TPSA) is 58.1 Å². The summed E-state index contributed by atoms with van der Waals surface area (Å²) < 4.78 is 0. The second-order valence-corrected chi connectivity index (χ2v) is 6.35. The third kappa shape index (κ3) is 3.04. The number of rotatable bonds is 3. The summed E-state index contributed by atoms with van der Waals surface area (Å²) in [6.07, 6.45) is 3.25. The van der Waals surface area contributed by atoms with Crippen LogP contribution in [-0.2, 0) is 13.0 Å². The van der Waals surface area contributed by atoms with E-state index in [0.717, 1.165) is 18.8 Å².